The van der Waals surface area contributed by atoms with Crippen molar-refractivity contribution in [1.29, 1.82) is 5.26 Å². The number of anilines is 1. The normalized spacial score (nSPS) is 24.1. The highest BCUT2D eigenvalue weighted by Gasteiger charge is 2.57. The summed E-state index contributed by atoms with van der Waals surface area (Å²) in [6, 6.07) is 0.244. The van der Waals surface area contributed by atoms with E-state index >= 15 is 0 Å². The number of rotatable bonds is 6. The first-order chi connectivity index (χ1) is 17.0. The van der Waals surface area contributed by atoms with E-state index < -0.39 is 59.2 Å². The van der Waals surface area contributed by atoms with Crippen molar-refractivity contribution in [2.45, 2.75) is 56.3 Å². The molecular weight excluding hydrogens is 480 g/mol. The van der Waals surface area contributed by atoms with Crippen LogP contribution in [-0.4, -0.2) is 76.0 Å². The first kappa shape index (κ1) is 25.2. The summed E-state index contributed by atoms with van der Waals surface area (Å²) >= 11 is 0. The van der Waals surface area contributed by atoms with E-state index in [2.05, 4.69) is 10.6 Å². The zero-order valence-electron chi connectivity index (χ0n) is 19.6. The number of ether oxygens (including phenoxy) is 1. The minimum atomic E-state index is -1.76. The molecule has 0 aromatic heterocycles. The third kappa shape index (κ3) is 4.62. The van der Waals surface area contributed by atoms with Crippen molar-refractivity contribution in [1.82, 2.24) is 15.1 Å². The molecule has 1 saturated carbocycles. The van der Waals surface area contributed by atoms with Crippen LogP contribution in [0, 0.1) is 28.9 Å². The maximum atomic E-state index is 14.1. The first-order valence-corrected chi connectivity index (χ1v) is 11.4. The van der Waals surface area contributed by atoms with E-state index in [0.717, 1.165) is 28.7 Å². The molecule has 1 aliphatic carbocycles. The van der Waals surface area contributed by atoms with Gasteiger partial charge < -0.3 is 30.3 Å². The average molecular weight is 505 g/mol. The number of nitrogens with one attached hydrogen (secondary N) is 2. The lowest BCUT2D eigenvalue weighted by Crippen LogP contribution is -2.57. The van der Waals surface area contributed by atoms with Crippen molar-refractivity contribution in [2.24, 2.45) is 5.92 Å². The Labute approximate surface area is 205 Å². The summed E-state index contributed by atoms with van der Waals surface area (Å²) in [4.78, 5) is 52.8. The molecule has 4 amide bonds. The lowest BCUT2D eigenvalue weighted by atomic mass is 9.97. The van der Waals surface area contributed by atoms with E-state index in [1.807, 2.05) is 6.07 Å². The molecule has 3 N–H and O–H groups in total. The number of fused-ring (bicyclic) bond motifs is 1. The first-order valence-electron chi connectivity index (χ1n) is 11.4. The molecule has 192 valence electrons. The van der Waals surface area contributed by atoms with Crippen molar-refractivity contribution in [3.05, 3.63) is 23.8 Å². The Morgan fingerprint density at radius 3 is 2.69 bits per heavy atom. The highest BCUT2D eigenvalue weighted by molar-refractivity contribution is 6.02. The van der Waals surface area contributed by atoms with E-state index in [0.29, 0.717) is 12.5 Å². The number of nitriles is 1. The van der Waals surface area contributed by atoms with E-state index in [9.17, 15) is 33.2 Å². The minimum absolute atomic E-state index is 0.182. The molecule has 2 fully saturated rings. The van der Waals surface area contributed by atoms with Crippen LogP contribution in [0.3, 0.4) is 0 Å². The highest BCUT2D eigenvalue weighted by Crippen LogP contribution is 2.42. The van der Waals surface area contributed by atoms with Crippen LogP contribution in [0.2, 0.25) is 0 Å². The van der Waals surface area contributed by atoms with Gasteiger partial charge in [-0.1, -0.05) is 12.8 Å². The summed E-state index contributed by atoms with van der Waals surface area (Å²) in [5.74, 6) is -4.03. The number of likely N-dealkylation sites (N-methyl/N-ethyl adjacent to an activating group) is 1. The van der Waals surface area contributed by atoms with Gasteiger partial charge in [-0.05, 0) is 19.3 Å². The fourth-order valence-electron chi connectivity index (χ4n) is 4.69. The van der Waals surface area contributed by atoms with Crippen LogP contribution < -0.4 is 15.4 Å². The van der Waals surface area contributed by atoms with Crippen LogP contribution in [0.25, 0.3) is 0 Å². The number of carbonyl (C=O) groups excluding carboxylic acids is 3. The number of carbonyl (C=O) groups is 4. The van der Waals surface area contributed by atoms with Gasteiger partial charge in [0.05, 0.1) is 12.6 Å². The Kier molecular flexibility index (Phi) is 6.46. The summed E-state index contributed by atoms with van der Waals surface area (Å²) in [5, 5.41) is 23.1. The maximum Gasteiger partial charge on any atom is 0.405 e. The van der Waals surface area contributed by atoms with Gasteiger partial charge in [0.2, 0.25) is 17.4 Å². The quantitative estimate of drug-likeness (QED) is 0.529. The molecule has 3 aliphatic rings. The predicted octanol–water partition coefficient (Wildman–Crippen LogP) is 1.44. The second kappa shape index (κ2) is 9.25. The average Bonchev–Trinajstić information content (AvgIpc) is 3.56. The number of hydrogen-bond donors (Lipinski definition) is 3. The van der Waals surface area contributed by atoms with Gasteiger partial charge in [0.1, 0.15) is 29.6 Å². The van der Waals surface area contributed by atoms with Crippen molar-refractivity contribution in [2.75, 3.05) is 18.9 Å². The Morgan fingerprint density at radius 2 is 2.08 bits per heavy atom. The Bertz CT molecular complexity index is 1170. The van der Waals surface area contributed by atoms with Crippen LogP contribution in [-0.2, 0) is 14.4 Å². The number of nitrogens with zero attached hydrogens (tertiary/aromatic N) is 3. The largest absolute Gasteiger partial charge is 0.473 e. The maximum absolute atomic E-state index is 14.1. The van der Waals surface area contributed by atoms with Gasteiger partial charge in [0, 0.05) is 25.6 Å². The summed E-state index contributed by atoms with van der Waals surface area (Å²) < 4.78 is 33.7. The SMILES string of the molecule is C[C@H](NC(=O)O)C(=O)N(C)[C@@H](CC1CC1)C(=O)N1C[C@@]2(C[C@H]1C#N)Oc1cc(F)cc(F)c1NC2=O. The number of benzene rings is 1. The second-order valence-corrected chi connectivity index (χ2v) is 9.44. The van der Waals surface area contributed by atoms with Crippen molar-refractivity contribution in [3.63, 3.8) is 0 Å². The van der Waals surface area contributed by atoms with Crippen LogP contribution in [0.1, 0.15) is 32.6 Å². The molecule has 4 rings (SSSR count). The lowest BCUT2D eigenvalue weighted by molar-refractivity contribution is -0.146. The number of carboxylic acid groups (broad SMARTS) is 1. The molecule has 13 heteroatoms. The van der Waals surface area contributed by atoms with E-state index in [-0.39, 0.29) is 30.3 Å². The summed E-state index contributed by atoms with van der Waals surface area (Å²) in [7, 11) is 1.38. The third-order valence-corrected chi connectivity index (χ3v) is 6.80. The number of likely N-dealkylation sites (tertiary alicyclic amines) is 1. The molecular formula is C23H25F2N5O6. The zero-order chi connectivity index (χ0) is 26.4. The van der Waals surface area contributed by atoms with Crippen molar-refractivity contribution < 1.29 is 37.8 Å². The van der Waals surface area contributed by atoms with Gasteiger partial charge in [-0.25, -0.2) is 13.6 Å². The second-order valence-electron chi connectivity index (χ2n) is 9.44. The summed E-state index contributed by atoms with van der Waals surface area (Å²) in [5.41, 5.74) is -2.09. The van der Waals surface area contributed by atoms with Crippen LogP contribution in [0.15, 0.2) is 12.1 Å². The van der Waals surface area contributed by atoms with Gasteiger partial charge in [-0.2, -0.15) is 5.26 Å². The molecule has 1 saturated heterocycles. The van der Waals surface area contributed by atoms with Gasteiger partial charge in [0.15, 0.2) is 11.6 Å². The van der Waals surface area contributed by atoms with Crippen molar-refractivity contribution >= 4 is 29.5 Å². The standard InChI is InChI=1S/C23H25F2N5O6/c1-11(27-22(34)35)19(31)29(2)16(5-12-3-4-12)20(32)30-10-23(8-14(30)9-26)21(33)28-18-15(25)6-13(24)7-17(18)36-23/h6-7,11-12,14,16,27H,3-5,8,10H2,1-2H3,(H,28,33)(H,34,35)/t11-,14-,16-,23+/m0/s1. The van der Waals surface area contributed by atoms with Gasteiger partial charge in [0.25, 0.3) is 5.91 Å². The van der Waals surface area contributed by atoms with E-state index in [1.54, 1.807) is 0 Å². The van der Waals surface area contributed by atoms with Crippen LogP contribution >= 0.6 is 0 Å². The molecule has 1 aromatic rings. The molecule has 1 spiro atoms. The molecule has 4 atom stereocenters. The molecule has 2 aliphatic heterocycles. The molecule has 0 unspecified atom stereocenters. The minimum Gasteiger partial charge on any atom is -0.473 e. The Morgan fingerprint density at radius 1 is 1.39 bits per heavy atom. The zero-order valence-corrected chi connectivity index (χ0v) is 19.6. The topological polar surface area (TPSA) is 152 Å². The van der Waals surface area contributed by atoms with Crippen LogP contribution in [0.4, 0.5) is 19.3 Å². The van der Waals surface area contributed by atoms with Gasteiger partial charge in [-0.3, -0.25) is 14.4 Å². The highest BCUT2D eigenvalue weighted by atomic mass is 19.1. The fraction of sp³-hybridized carbons (Fsp3) is 0.522. The van der Waals surface area contributed by atoms with Gasteiger partial charge in [-0.15, -0.1) is 0 Å². The molecule has 2 heterocycles. The number of hydrogen-bond acceptors (Lipinski definition) is 6. The monoisotopic (exact) mass is 505 g/mol. The van der Waals surface area contributed by atoms with Crippen molar-refractivity contribution in [3.8, 4) is 11.8 Å². The number of halogens is 2. The van der Waals surface area contributed by atoms with E-state index in [1.165, 1.54) is 14.0 Å². The fourth-order valence-corrected chi connectivity index (χ4v) is 4.69. The predicted molar refractivity (Wildman–Crippen MR) is 119 cm³/mol. The summed E-state index contributed by atoms with van der Waals surface area (Å²) in [6.07, 6.45) is 0.381. The molecule has 0 bridgehead atoms. The lowest BCUT2D eigenvalue weighted by Gasteiger charge is -2.35. The Hall–Kier alpha value is -3.95. The van der Waals surface area contributed by atoms with Gasteiger partial charge >= 0.3 is 6.09 Å². The molecule has 36 heavy (non-hydrogen) atoms. The third-order valence-electron chi connectivity index (χ3n) is 6.80. The smallest absolute Gasteiger partial charge is 0.405 e. The molecule has 11 nitrogen and oxygen atoms in total. The van der Waals surface area contributed by atoms with Crippen LogP contribution in [0.5, 0.6) is 5.75 Å². The Balaban J connectivity index is 1.60. The molecule has 1 aromatic carbocycles. The number of amides is 4. The molecule has 0 radical (unpaired) electrons. The summed E-state index contributed by atoms with van der Waals surface area (Å²) in [6.45, 7) is 0.976. The van der Waals surface area contributed by atoms with E-state index in [4.69, 9.17) is 9.84 Å².